The van der Waals surface area contributed by atoms with Crippen LogP contribution in [-0.4, -0.2) is 41.9 Å². The van der Waals surface area contributed by atoms with Crippen LogP contribution >= 0.6 is 0 Å². The number of fused-ring (bicyclic) bond motifs is 1. The van der Waals surface area contributed by atoms with E-state index in [0.717, 1.165) is 55.9 Å². The zero-order chi connectivity index (χ0) is 17.8. The van der Waals surface area contributed by atoms with Crippen LogP contribution in [0.1, 0.15) is 36.4 Å². The van der Waals surface area contributed by atoms with Gasteiger partial charge in [-0.25, -0.2) is 0 Å². The quantitative estimate of drug-likeness (QED) is 0.847. The molecule has 2 aliphatic rings. The summed E-state index contributed by atoms with van der Waals surface area (Å²) in [5.74, 6) is 1.17. The molecule has 0 aromatic heterocycles. The Hall–Kier alpha value is -2.33. The van der Waals surface area contributed by atoms with E-state index in [2.05, 4.69) is 28.0 Å². The van der Waals surface area contributed by atoms with Gasteiger partial charge in [-0.1, -0.05) is 48.5 Å². The van der Waals surface area contributed by atoms with Crippen molar-refractivity contribution in [2.24, 2.45) is 0 Å². The fraction of sp³-hybridized carbons (Fsp3) is 0.409. The molecule has 1 unspecified atom stereocenters. The Bertz CT molecular complexity index is 741. The summed E-state index contributed by atoms with van der Waals surface area (Å²) in [6, 6.07) is 18.1. The van der Waals surface area contributed by atoms with Crippen LogP contribution < -0.4 is 4.74 Å². The molecule has 0 N–H and O–H groups in total. The molecule has 2 aromatic carbocycles. The van der Waals surface area contributed by atoms with E-state index in [4.69, 9.17) is 4.74 Å². The summed E-state index contributed by atoms with van der Waals surface area (Å²) in [6.07, 6.45) is 3.45. The Kier molecular flexibility index (Phi) is 5.21. The third-order valence-corrected chi connectivity index (χ3v) is 5.36. The van der Waals surface area contributed by atoms with E-state index >= 15 is 0 Å². The highest BCUT2D eigenvalue weighted by Gasteiger charge is 2.33. The van der Waals surface area contributed by atoms with Crippen LogP contribution in [0.5, 0.6) is 5.75 Å². The van der Waals surface area contributed by atoms with Crippen LogP contribution in [0.4, 0.5) is 0 Å². The van der Waals surface area contributed by atoms with Gasteiger partial charge in [0.05, 0.1) is 0 Å². The minimum atomic E-state index is -0.246. The van der Waals surface area contributed by atoms with Crippen molar-refractivity contribution in [3.63, 3.8) is 0 Å². The van der Waals surface area contributed by atoms with Gasteiger partial charge < -0.3 is 9.64 Å². The zero-order valence-electron chi connectivity index (χ0n) is 15.1. The van der Waals surface area contributed by atoms with E-state index in [9.17, 15) is 4.79 Å². The first-order chi connectivity index (χ1) is 12.8. The number of hydrogen-bond acceptors (Lipinski definition) is 3. The number of ether oxygens (including phenoxy) is 1. The Morgan fingerprint density at radius 3 is 2.42 bits per heavy atom. The van der Waals surface area contributed by atoms with E-state index in [1.807, 2.05) is 36.4 Å². The topological polar surface area (TPSA) is 32.8 Å². The van der Waals surface area contributed by atoms with Gasteiger partial charge in [0.15, 0.2) is 0 Å². The second kappa shape index (κ2) is 7.92. The number of amides is 1. The molecule has 1 amide bonds. The first-order valence-corrected chi connectivity index (χ1v) is 9.61. The Morgan fingerprint density at radius 2 is 1.62 bits per heavy atom. The third-order valence-electron chi connectivity index (χ3n) is 5.36. The number of benzene rings is 2. The Labute approximate surface area is 155 Å². The summed E-state index contributed by atoms with van der Waals surface area (Å²) in [5, 5.41) is 0. The van der Waals surface area contributed by atoms with Crippen LogP contribution in [0.2, 0.25) is 0 Å². The number of para-hydroxylation sites is 1. The number of hydrogen-bond donors (Lipinski definition) is 0. The van der Waals surface area contributed by atoms with Crippen molar-refractivity contribution in [3.8, 4) is 5.75 Å². The summed E-state index contributed by atoms with van der Waals surface area (Å²) in [4.78, 5) is 17.8. The minimum absolute atomic E-state index is 0.232. The predicted molar refractivity (Wildman–Crippen MR) is 102 cm³/mol. The zero-order valence-corrected chi connectivity index (χ0v) is 15.1. The molecule has 2 aromatic rings. The van der Waals surface area contributed by atoms with E-state index in [-0.39, 0.29) is 11.9 Å². The maximum Gasteiger partial charge on any atom is 0.244 e. The summed E-state index contributed by atoms with van der Waals surface area (Å²) in [6.45, 7) is 3.84. The lowest BCUT2D eigenvalue weighted by atomic mass is 10.0. The van der Waals surface area contributed by atoms with E-state index in [1.165, 1.54) is 6.42 Å². The highest BCUT2D eigenvalue weighted by Crippen LogP contribution is 2.30. The second-order valence-corrected chi connectivity index (χ2v) is 7.13. The second-order valence-electron chi connectivity index (χ2n) is 7.13. The lowest BCUT2D eigenvalue weighted by molar-refractivity contribution is -0.138. The molecule has 136 valence electrons. The molecular formula is C22H26N2O2. The number of carbonyl (C=O) groups is 1. The predicted octanol–water partition coefficient (Wildman–Crippen LogP) is 3.63. The standard InChI is InChI=1S/C22H26N2O2/c25-22(23-13-7-2-8-14-23)21(18-9-3-1-4-10-18)24-15-16-26-20-12-6-5-11-19(20)17-24/h1,3-6,9-12,21H,2,7-8,13-17H2. The van der Waals surface area contributed by atoms with Gasteiger partial charge in [-0.2, -0.15) is 0 Å². The molecule has 4 rings (SSSR count). The van der Waals surface area contributed by atoms with Crippen molar-refractivity contribution in [1.82, 2.24) is 9.80 Å². The molecular weight excluding hydrogens is 324 g/mol. The van der Waals surface area contributed by atoms with Gasteiger partial charge in [0.2, 0.25) is 5.91 Å². The maximum absolute atomic E-state index is 13.5. The van der Waals surface area contributed by atoms with Crippen LogP contribution in [-0.2, 0) is 11.3 Å². The highest BCUT2D eigenvalue weighted by atomic mass is 16.5. The van der Waals surface area contributed by atoms with Crippen molar-refractivity contribution < 1.29 is 9.53 Å². The molecule has 0 bridgehead atoms. The average molecular weight is 350 g/mol. The third kappa shape index (κ3) is 3.61. The Balaban J connectivity index is 1.65. The van der Waals surface area contributed by atoms with E-state index < -0.39 is 0 Å². The molecule has 0 aliphatic carbocycles. The van der Waals surface area contributed by atoms with Crippen LogP contribution in [0.25, 0.3) is 0 Å². The number of rotatable bonds is 3. The fourth-order valence-electron chi connectivity index (χ4n) is 4.00. The molecule has 0 saturated carbocycles. The van der Waals surface area contributed by atoms with Crippen LogP contribution in [0.15, 0.2) is 54.6 Å². The van der Waals surface area contributed by atoms with E-state index in [1.54, 1.807) is 0 Å². The van der Waals surface area contributed by atoms with Gasteiger partial charge in [-0.05, 0) is 30.9 Å². The summed E-state index contributed by atoms with van der Waals surface area (Å²) < 4.78 is 5.92. The van der Waals surface area contributed by atoms with Crippen molar-refractivity contribution in [1.29, 1.82) is 0 Å². The molecule has 2 aliphatic heterocycles. The SMILES string of the molecule is O=C(C(c1ccccc1)N1CCOc2ccccc2C1)N1CCCCC1. The van der Waals surface area contributed by atoms with Crippen molar-refractivity contribution in [2.75, 3.05) is 26.2 Å². The molecule has 1 atom stereocenters. The lowest BCUT2D eigenvalue weighted by Gasteiger charge is -2.35. The number of likely N-dealkylation sites (tertiary alicyclic amines) is 1. The van der Waals surface area contributed by atoms with Crippen molar-refractivity contribution in [3.05, 3.63) is 65.7 Å². The highest BCUT2D eigenvalue weighted by molar-refractivity contribution is 5.83. The van der Waals surface area contributed by atoms with Gasteiger partial charge >= 0.3 is 0 Å². The van der Waals surface area contributed by atoms with E-state index in [0.29, 0.717) is 6.61 Å². The summed E-state index contributed by atoms with van der Waals surface area (Å²) in [7, 11) is 0. The molecule has 1 saturated heterocycles. The van der Waals surface area contributed by atoms with Gasteiger partial charge in [-0.3, -0.25) is 9.69 Å². The lowest BCUT2D eigenvalue weighted by Crippen LogP contribution is -2.45. The smallest absolute Gasteiger partial charge is 0.244 e. The molecule has 4 heteroatoms. The number of carbonyl (C=O) groups excluding carboxylic acids is 1. The maximum atomic E-state index is 13.5. The van der Waals surface area contributed by atoms with Crippen LogP contribution in [0, 0.1) is 0 Å². The normalized spacial score (nSPS) is 19.2. The largest absolute Gasteiger partial charge is 0.492 e. The van der Waals surface area contributed by atoms with Gasteiger partial charge in [0.25, 0.3) is 0 Å². The monoisotopic (exact) mass is 350 g/mol. The summed E-state index contributed by atoms with van der Waals surface area (Å²) >= 11 is 0. The first kappa shape index (κ1) is 17.1. The number of nitrogens with zero attached hydrogens (tertiary/aromatic N) is 2. The average Bonchev–Trinajstić information content (AvgIpc) is 2.92. The van der Waals surface area contributed by atoms with Crippen molar-refractivity contribution >= 4 is 5.91 Å². The first-order valence-electron chi connectivity index (χ1n) is 9.61. The fourth-order valence-corrected chi connectivity index (χ4v) is 4.00. The molecule has 2 heterocycles. The summed E-state index contributed by atoms with van der Waals surface area (Å²) in [5.41, 5.74) is 2.22. The molecule has 0 radical (unpaired) electrons. The molecule has 4 nitrogen and oxygen atoms in total. The Morgan fingerprint density at radius 1 is 0.885 bits per heavy atom. The van der Waals surface area contributed by atoms with Crippen LogP contribution in [0.3, 0.4) is 0 Å². The molecule has 26 heavy (non-hydrogen) atoms. The van der Waals surface area contributed by atoms with Gasteiger partial charge in [-0.15, -0.1) is 0 Å². The molecule has 1 fully saturated rings. The minimum Gasteiger partial charge on any atom is -0.492 e. The van der Waals surface area contributed by atoms with Crippen molar-refractivity contribution in [2.45, 2.75) is 31.8 Å². The molecule has 0 spiro atoms. The number of piperidine rings is 1. The van der Waals surface area contributed by atoms with Gasteiger partial charge in [0.1, 0.15) is 18.4 Å². The van der Waals surface area contributed by atoms with Gasteiger partial charge in [0, 0.05) is 31.7 Å².